The number of amides is 1. The molecule has 0 saturated heterocycles. The van der Waals surface area contributed by atoms with Crippen molar-refractivity contribution in [2.45, 2.75) is 13.5 Å². The summed E-state index contributed by atoms with van der Waals surface area (Å²) in [5.41, 5.74) is -0.360. The molecule has 1 amide bonds. The molecule has 4 nitrogen and oxygen atoms in total. The Morgan fingerprint density at radius 2 is 2.17 bits per heavy atom. The Bertz CT molecular complexity index is 557. The maximum atomic E-state index is 13.4. The molecule has 0 aliphatic carbocycles. The van der Waals surface area contributed by atoms with Crippen molar-refractivity contribution >= 4 is 5.91 Å². The Morgan fingerprint density at radius 3 is 2.78 bits per heavy atom. The minimum atomic E-state index is -0.761. The first-order valence-corrected chi connectivity index (χ1v) is 5.39. The molecule has 5 heteroatoms. The zero-order valence-corrected chi connectivity index (χ0v) is 9.74. The summed E-state index contributed by atoms with van der Waals surface area (Å²) in [5.74, 6) is -0.532. The first kappa shape index (κ1) is 12.2. The third-order valence-electron chi connectivity index (χ3n) is 2.44. The average molecular weight is 249 g/mol. The fourth-order valence-electron chi connectivity index (χ4n) is 1.57. The Hall–Kier alpha value is -2.30. The lowest BCUT2D eigenvalue weighted by Crippen LogP contribution is -2.23. The molecular weight excluding hydrogens is 237 g/mol. The maximum absolute atomic E-state index is 13.4. The molecule has 0 saturated carbocycles. The van der Waals surface area contributed by atoms with E-state index in [0.717, 1.165) is 11.8 Å². The van der Waals surface area contributed by atoms with Crippen LogP contribution in [0.1, 0.15) is 21.9 Å². The minimum absolute atomic E-state index is 0.139. The van der Waals surface area contributed by atoms with Gasteiger partial charge in [0.1, 0.15) is 28.7 Å². The molecule has 2 rings (SSSR count). The van der Waals surface area contributed by atoms with Gasteiger partial charge in [-0.05, 0) is 31.2 Å². The van der Waals surface area contributed by atoms with Crippen molar-refractivity contribution in [2.75, 3.05) is 0 Å². The summed E-state index contributed by atoms with van der Waals surface area (Å²) in [7, 11) is 0. The molecule has 0 spiro atoms. The zero-order valence-electron chi connectivity index (χ0n) is 9.74. The van der Waals surface area contributed by atoms with Crippen LogP contribution >= 0.6 is 0 Å². The lowest BCUT2D eigenvalue weighted by atomic mass is 10.1. The standard InChI is InChI=1S/C13H12FNO3/c1-8-5-6-9(18-8)7-15-13(17)12-10(14)3-2-4-11(12)16/h2-6,16H,7H2,1H3,(H,15,17). The number of hydrogen-bond donors (Lipinski definition) is 2. The van der Waals surface area contributed by atoms with Gasteiger partial charge in [0.25, 0.3) is 5.91 Å². The Morgan fingerprint density at radius 1 is 1.39 bits per heavy atom. The van der Waals surface area contributed by atoms with E-state index in [-0.39, 0.29) is 17.9 Å². The van der Waals surface area contributed by atoms with Crippen molar-refractivity contribution in [3.8, 4) is 5.75 Å². The highest BCUT2D eigenvalue weighted by atomic mass is 19.1. The van der Waals surface area contributed by atoms with Gasteiger partial charge in [-0.3, -0.25) is 4.79 Å². The lowest BCUT2D eigenvalue weighted by Gasteiger charge is -2.06. The number of aryl methyl sites for hydroxylation is 1. The lowest BCUT2D eigenvalue weighted by molar-refractivity contribution is 0.0941. The molecule has 0 fully saturated rings. The van der Waals surface area contributed by atoms with Gasteiger partial charge in [0.2, 0.25) is 0 Å². The van der Waals surface area contributed by atoms with E-state index < -0.39 is 11.7 Å². The van der Waals surface area contributed by atoms with Gasteiger partial charge in [0.15, 0.2) is 0 Å². The largest absolute Gasteiger partial charge is 0.507 e. The number of phenols is 1. The van der Waals surface area contributed by atoms with Crippen molar-refractivity contribution < 1.29 is 18.7 Å². The van der Waals surface area contributed by atoms with Crippen molar-refractivity contribution in [2.24, 2.45) is 0 Å². The van der Waals surface area contributed by atoms with E-state index in [0.29, 0.717) is 5.76 Å². The molecule has 0 radical (unpaired) electrons. The number of nitrogens with one attached hydrogen (secondary N) is 1. The quantitative estimate of drug-likeness (QED) is 0.877. The highest BCUT2D eigenvalue weighted by Crippen LogP contribution is 2.19. The predicted molar refractivity (Wildman–Crippen MR) is 62.7 cm³/mol. The van der Waals surface area contributed by atoms with E-state index in [2.05, 4.69) is 5.32 Å². The fraction of sp³-hybridized carbons (Fsp3) is 0.154. The van der Waals surface area contributed by atoms with Gasteiger partial charge in [-0.25, -0.2) is 4.39 Å². The molecule has 0 aliphatic rings. The molecule has 0 unspecified atom stereocenters. The van der Waals surface area contributed by atoms with E-state index in [1.54, 1.807) is 19.1 Å². The molecule has 0 bridgehead atoms. The topological polar surface area (TPSA) is 62.5 Å². The number of furan rings is 1. The Labute approximate surface area is 103 Å². The molecule has 1 heterocycles. The van der Waals surface area contributed by atoms with Crippen LogP contribution in [0.3, 0.4) is 0 Å². The molecule has 0 atom stereocenters. The maximum Gasteiger partial charge on any atom is 0.258 e. The van der Waals surface area contributed by atoms with Crippen LogP contribution < -0.4 is 5.32 Å². The SMILES string of the molecule is Cc1ccc(CNC(=O)c2c(O)cccc2F)o1. The highest BCUT2D eigenvalue weighted by molar-refractivity contribution is 5.96. The summed E-state index contributed by atoms with van der Waals surface area (Å²) in [6, 6.07) is 7.19. The number of halogens is 1. The molecular formula is C13H12FNO3. The summed E-state index contributed by atoms with van der Waals surface area (Å²) in [4.78, 5) is 11.7. The number of phenolic OH excluding ortho intramolecular Hbond substituents is 1. The normalized spacial score (nSPS) is 10.3. The van der Waals surface area contributed by atoms with Crippen LogP contribution in [0.5, 0.6) is 5.75 Å². The molecule has 18 heavy (non-hydrogen) atoms. The van der Waals surface area contributed by atoms with Crippen LogP contribution in [-0.2, 0) is 6.54 Å². The number of carbonyl (C=O) groups is 1. The first-order valence-electron chi connectivity index (χ1n) is 5.39. The van der Waals surface area contributed by atoms with Gasteiger partial charge in [0, 0.05) is 0 Å². The van der Waals surface area contributed by atoms with Crippen molar-refractivity contribution in [3.05, 3.63) is 53.2 Å². The van der Waals surface area contributed by atoms with E-state index in [4.69, 9.17) is 4.42 Å². The summed E-state index contributed by atoms with van der Waals surface area (Å²) in [6.45, 7) is 1.93. The van der Waals surface area contributed by atoms with Gasteiger partial charge in [-0.15, -0.1) is 0 Å². The highest BCUT2D eigenvalue weighted by Gasteiger charge is 2.16. The molecule has 0 aliphatic heterocycles. The van der Waals surface area contributed by atoms with Gasteiger partial charge in [-0.2, -0.15) is 0 Å². The second-order valence-electron chi connectivity index (χ2n) is 3.83. The van der Waals surface area contributed by atoms with E-state index in [9.17, 15) is 14.3 Å². The van der Waals surface area contributed by atoms with Crippen LogP contribution in [0.2, 0.25) is 0 Å². The number of rotatable bonds is 3. The number of benzene rings is 1. The van der Waals surface area contributed by atoms with Crippen molar-refractivity contribution in [1.82, 2.24) is 5.32 Å². The molecule has 94 valence electrons. The van der Waals surface area contributed by atoms with E-state index in [1.807, 2.05) is 0 Å². The second-order valence-corrected chi connectivity index (χ2v) is 3.83. The smallest absolute Gasteiger partial charge is 0.258 e. The van der Waals surface area contributed by atoms with E-state index >= 15 is 0 Å². The predicted octanol–water partition coefficient (Wildman–Crippen LogP) is 2.36. The number of carbonyl (C=O) groups excluding carboxylic acids is 1. The van der Waals surface area contributed by atoms with Gasteiger partial charge < -0.3 is 14.8 Å². The van der Waals surface area contributed by atoms with Crippen LogP contribution in [0.15, 0.2) is 34.7 Å². The third-order valence-corrected chi connectivity index (χ3v) is 2.44. The van der Waals surface area contributed by atoms with E-state index in [1.165, 1.54) is 12.1 Å². The van der Waals surface area contributed by atoms with Gasteiger partial charge >= 0.3 is 0 Å². The third kappa shape index (κ3) is 2.51. The second kappa shape index (κ2) is 4.91. The Balaban J connectivity index is 2.08. The molecule has 2 N–H and O–H groups in total. The summed E-state index contributed by atoms with van der Waals surface area (Å²) in [6.07, 6.45) is 0. The average Bonchev–Trinajstić information content (AvgIpc) is 2.72. The number of aromatic hydroxyl groups is 1. The van der Waals surface area contributed by atoms with Crippen LogP contribution in [0, 0.1) is 12.7 Å². The molecule has 1 aromatic heterocycles. The fourth-order valence-corrected chi connectivity index (χ4v) is 1.57. The Kier molecular flexibility index (Phi) is 3.32. The molecule has 2 aromatic rings. The minimum Gasteiger partial charge on any atom is -0.507 e. The van der Waals surface area contributed by atoms with Crippen LogP contribution in [-0.4, -0.2) is 11.0 Å². The summed E-state index contributed by atoms with van der Waals surface area (Å²) < 4.78 is 18.6. The van der Waals surface area contributed by atoms with Gasteiger partial charge in [-0.1, -0.05) is 6.07 Å². The number of hydrogen-bond acceptors (Lipinski definition) is 3. The monoisotopic (exact) mass is 249 g/mol. The summed E-state index contributed by atoms with van der Waals surface area (Å²) >= 11 is 0. The van der Waals surface area contributed by atoms with Crippen LogP contribution in [0.4, 0.5) is 4.39 Å². The van der Waals surface area contributed by atoms with Crippen molar-refractivity contribution in [1.29, 1.82) is 0 Å². The zero-order chi connectivity index (χ0) is 13.1. The molecule has 1 aromatic carbocycles. The first-order chi connectivity index (χ1) is 8.58. The van der Waals surface area contributed by atoms with Crippen LogP contribution in [0.25, 0.3) is 0 Å². The van der Waals surface area contributed by atoms with Gasteiger partial charge in [0.05, 0.1) is 6.54 Å². The van der Waals surface area contributed by atoms with Crippen molar-refractivity contribution in [3.63, 3.8) is 0 Å². The summed E-state index contributed by atoms with van der Waals surface area (Å²) in [5, 5.41) is 11.9.